The lowest BCUT2D eigenvalue weighted by molar-refractivity contribution is 0.305. The number of hydrogen-bond donors (Lipinski definition) is 1. The van der Waals surface area contributed by atoms with Crippen LogP contribution in [0.15, 0.2) is 36.4 Å². The molecule has 0 spiro atoms. The van der Waals surface area contributed by atoms with E-state index in [4.69, 9.17) is 15.2 Å². The van der Waals surface area contributed by atoms with E-state index in [9.17, 15) is 0 Å². The average molecular weight is 257 g/mol. The van der Waals surface area contributed by atoms with Gasteiger partial charge in [0.15, 0.2) is 0 Å². The van der Waals surface area contributed by atoms with Crippen LogP contribution in [0.4, 0.5) is 5.69 Å². The summed E-state index contributed by atoms with van der Waals surface area (Å²) < 4.78 is 10.9. The Bertz CT molecular complexity index is 579. The molecular weight excluding hydrogens is 238 g/mol. The van der Waals surface area contributed by atoms with Crippen LogP contribution in [-0.2, 0) is 6.61 Å². The van der Waals surface area contributed by atoms with E-state index in [0.29, 0.717) is 18.0 Å². The molecule has 0 heterocycles. The van der Waals surface area contributed by atoms with Crippen molar-refractivity contribution in [2.45, 2.75) is 20.5 Å². The van der Waals surface area contributed by atoms with E-state index >= 15 is 0 Å². The van der Waals surface area contributed by atoms with Crippen molar-refractivity contribution in [1.82, 2.24) is 0 Å². The third-order valence-electron chi connectivity index (χ3n) is 3.19. The molecular formula is C16H19NO2. The molecule has 100 valence electrons. The third-order valence-corrected chi connectivity index (χ3v) is 3.19. The highest BCUT2D eigenvalue weighted by molar-refractivity contribution is 5.55. The predicted molar refractivity (Wildman–Crippen MR) is 77.7 cm³/mol. The number of nitrogen functional groups attached to an aromatic ring is 1. The summed E-state index contributed by atoms with van der Waals surface area (Å²) in [5.74, 6) is 1.39. The Morgan fingerprint density at radius 3 is 2.47 bits per heavy atom. The molecule has 0 atom stereocenters. The van der Waals surface area contributed by atoms with Crippen LogP contribution in [0.1, 0.15) is 16.7 Å². The summed E-state index contributed by atoms with van der Waals surface area (Å²) in [4.78, 5) is 0. The fraction of sp³-hybridized carbons (Fsp3) is 0.250. The number of aryl methyl sites for hydroxylation is 2. The molecule has 0 fully saturated rings. The molecule has 0 bridgehead atoms. The van der Waals surface area contributed by atoms with Crippen LogP contribution in [0.5, 0.6) is 11.5 Å². The fourth-order valence-electron chi connectivity index (χ4n) is 1.82. The number of rotatable bonds is 4. The lowest BCUT2D eigenvalue weighted by Gasteiger charge is -2.11. The van der Waals surface area contributed by atoms with Gasteiger partial charge >= 0.3 is 0 Å². The Labute approximate surface area is 114 Å². The van der Waals surface area contributed by atoms with Gasteiger partial charge in [-0.25, -0.2) is 0 Å². The molecule has 2 aromatic rings. The van der Waals surface area contributed by atoms with Gasteiger partial charge in [-0.3, -0.25) is 0 Å². The zero-order valence-corrected chi connectivity index (χ0v) is 11.6. The molecule has 0 aliphatic rings. The number of methoxy groups -OCH3 is 1. The maximum Gasteiger partial charge on any atom is 0.146 e. The highest BCUT2D eigenvalue weighted by Crippen LogP contribution is 2.27. The summed E-state index contributed by atoms with van der Waals surface area (Å²) in [5, 5.41) is 0. The molecule has 0 aliphatic heterocycles. The number of anilines is 1. The maximum atomic E-state index is 5.88. The monoisotopic (exact) mass is 257 g/mol. The minimum absolute atomic E-state index is 0.498. The molecule has 2 aromatic carbocycles. The van der Waals surface area contributed by atoms with Crippen LogP contribution < -0.4 is 15.2 Å². The van der Waals surface area contributed by atoms with Crippen LogP contribution in [-0.4, -0.2) is 7.11 Å². The molecule has 0 radical (unpaired) electrons. The van der Waals surface area contributed by atoms with E-state index in [1.165, 1.54) is 11.1 Å². The lowest BCUT2D eigenvalue weighted by Crippen LogP contribution is -2.00. The summed E-state index contributed by atoms with van der Waals surface area (Å²) in [6.07, 6.45) is 0. The first kappa shape index (κ1) is 13.3. The summed E-state index contributed by atoms with van der Waals surface area (Å²) in [6.45, 7) is 4.69. The summed E-state index contributed by atoms with van der Waals surface area (Å²) in [7, 11) is 1.62. The van der Waals surface area contributed by atoms with E-state index in [1.54, 1.807) is 19.2 Å². The maximum absolute atomic E-state index is 5.88. The second-order valence-corrected chi connectivity index (χ2v) is 4.61. The van der Waals surface area contributed by atoms with E-state index in [1.807, 2.05) is 6.07 Å². The highest BCUT2D eigenvalue weighted by Gasteiger charge is 2.04. The van der Waals surface area contributed by atoms with E-state index < -0.39 is 0 Å². The van der Waals surface area contributed by atoms with Gasteiger partial charge in [-0.1, -0.05) is 18.2 Å². The quantitative estimate of drug-likeness (QED) is 0.853. The lowest BCUT2D eigenvalue weighted by atomic mass is 10.1. The molecule has 0 aliphatic carbocycles. The minimum atomic E-state index is 0.498. The third kappa shape index (κ3) is 3.19. The van der Waals surface area contributed by atoms with Gasteiger partial charge in [0.2, 0.25) is 0 Å². The van der Waals surface area contributed by atoms with Crippen molar-refractivity contribution >= 4 is 5.69 Å². The molecule has 0 unspecified atom stereocenters. The van der Waals surface area contributed by atoms with Crippen molar-refractivity contribution in [2.24, 2.45) is 0 Å². The zero-order chi connectivity index (χ0) is 13.8. The number of ether oxygens (including phenoxy) is 2. The Hall–Kier alpha value is -2.16. The molecule has 0 saturated carbocycles. The molecule has 2 N–H and O–H groups in total. The number of hydrogen-bond acceptors (Lipinski definition) is 3. The first-order valence-corrected chi connectivity index (χ1v) is 6.22. The largest absolute Gasteiger partial charge is 0.497 e. The van der Waals surface area contributed by atoms with Crippen LogP contribution in [0.3, 0.4) is 0 Å². The van der Waals surface area contributed by atoms with Gasteiger partial charge in [0.1, 0.15) is 18.1 Å². The summed E-state index contributed by atoms with van der Waals surface area (Å²) in [5.41, 5.74) is 10.2. The average Bonchev–Trinajstić information content (AvgIpc) is 2.41. The van der Waals surface area contributed by atoms with Crippen LogP contribution >= 0.6 is 0 Å². The second kappa shape index (κ2) is 5.65. The van der Waals surface area contributed by atoms with Crippen molar-refractivity contribution in [3.8, 4) is 11.5 Å². The van der Waals surface area contributed by atoms with Crippen molar-refractivity contribution in [3.05, 3.63) is 53.1 Å². The molecule has 2 rings (SSSR count). The van der Waals surface area contributed by atoms with E-state index in [-0.39, 0.29) is 0 Å². The fourth-order valence-corrected chi connectivity index (χ4v) is 1.82. The molecule has 3 heteroatoms. The van der Waals surface area contributed by atoms with Crippen molar-refractivity contribution in [3.63, 3.8) is 0 Å². The van der Waals surface area contributed by atoms with Gasteiger partial charge in [0.05, 0.1) is 12.8 Å². The minimum Gasteiger partial charge on any atom is -0.497 e. The molecule has 19 heavy (non-hydrogen) atoms. The molecule has 3 nitrogen and oxygen atoms in total. The Morgan fingerprint density at radius 1 is 1.00 bits per heavy atom. The number of nitrogens with two attached hydrogens (primary N) is 1. The molecule has 0 aromatic heterocycles. The highest BCUT2D eigenvalue weighted by atomic mass is 16.5. The predicted octanol–water partition coefficient (Wildman–Crippen LogP) is 3.47. The van der Waals surface area contributed by atoms with Gasteiger partial charge in [0.25, 0.3) is 0 Å². The standard InChI is InChI=1S/C16H19NO2/c1-11-4-5-13(8-12(11)2)10-19-16-9-14(18-3)6-7-15(16)17/h4-9H,10,17H2,1-3H3. The van der Waals surface area contributed by atoms with E-state index in [2.05, 4.69) is 32.0 Å². The van der Waals surface area contributed by atoms with Gasteiger partial charge in [-0.2, -0.15) is 0 Å². The van der Waals surface area contributed by atoms with Crippen molar-refractivity contribution in [2.75, 3.05) is 12.8 Å². The number of benzene rings is 2. The second-order valence-electron chi connectivity index (χ2n) is 4.61. The Kier molecular flexibility index (Phi) is 3.95. The van der Waals surface area contributed by atoms with Gasteiger partial charge in [0, 0.05) is 6.07 Å². The van der Waals surface area contributed by atoms with Gasteiger partial charge < -0.3 is 15.2 Å². The first-order valence-electron chi connectivity index (χ1n) is 6.22. The molecule has 0 saturated heterocycles. The topological polar surface area (TPSA) is 44.5 Å². The van der Waals surface area contributed by atoms with Crippen LogP contribution in [0, 0.1) is 13.8 Å². The molecule has 0 amide bonds. The zero-order valence-electron chi connectivity index (χ0n) is 11.6. The van der Waals surface area contributed by atoms with Crippen molar-refractivity contribution in [1.29, 1.82) is 0 Å². The normalized spacial score (nSPS) is 10.3. The Morgan fingerprint density at radius 2 is 1.79 bits per heavy atom. The first-order chi connectivity index (χ1) is 9.10. The smallest absolute Gasteiger partial charge is 0.146 e. The van der Waals surface area contributed by atoms with E-state index in [0.717, 1.165) is 11.3 Å². The van der Waals surface area contributed by atoms with Gasteiger partial charge in [-0.15, -0.1) is 0 Å². The summed E-state index contributed by atoms with van der Waals surface area (Å²) >= 11 is 0. The Balaban J connectivity index is 2.11. The summed E-state index contributed by atoms with van der Waals surface area (Å²) in [6, 6.07) is 11.7. The SMILES string of the molecule is COc1ccc(N)c(OCc2ccc(C)c(C)c2)c1. The van der Waals surface area contributed by atoms with Crippen molar-refractivity contribution < 1.29 is 9.47 Å². The van der Waals surface area contributed by atoms with Crippen LogP contribution in [0.2, 0.25) is 0 Å². The van der Waals surface area contributed by atoms with Gasteiger partial charge in [-0.05, 0) is 42.7 Å². The van der Waals surface area contributed by atoms with Crippen LogP contribution in [0.25, 0.3) is 0 Å².